The first-order valence-corrected chi connectivity index (χ1v) is 3.41. The molecule has 0 heterocycles. The molecule has 1 aromatic carbocycles. The summed E-state index contributed by atoms with van der Waals surface area (Å²) in [7, 11) is 1.68. The van der Waals surface area contributed by atoms with E-state index < -0.39 is 0 Å². The van der Waals surface area contributed by atoms with Gasteiger partial charge >= 0.3 is 0 Å². The number of nitrogens with two attached hydrogens (primary N) is 1. The second-order valence-electron chi connectivity index (χ2n) is 2.27. The second-order valence-corrected chi connectivity index (χ2v) is 2.27. The van der Waals surface area contributed by atoms with Crippen molar-refractivity contribution in [3.05, 3.63) is 29.8 Å². The van der Waals surface area contributed by atoms with E-state index in [1.807, 2.05) is 24.3 Å². The molecule has 11 heavy (non-hydrogen) atoms. The van der Waals surface area contributed by atoms with Gasteiger partial charge in [-0.15, -0.1) is 0 Å². The Labute approximate surface area is 66.1 Å². The van der Waals surface area contributed by atoms with E-state index in [0.29, 0.717) is 6.61 Å². The molecule has 0 aliphatic carbocycles. The highest BCUT2D eigenvalue weighted by atomic mass is 16.5. The number of ether oxygens (including phenoxy) is 1. The molecule has 0 bridgehead atoms. The van der Waals surface area contributed by atoms with Crippen molar-refractivity contribution in [2.75, 3.05) is 12.5 Å². The molecule has 0 amide bonds. The topological polar surface area (TPSA) is 47.3 Å². The molecule has 0 radical (unpaired) electrons. The summed E-state index contributed by atoms with van der Waals surface area (Å²) >= 11 is 0. The molecule has 0 saturated carbocycles. The number of rotatable bonds is 3. The minimum Gasteiger partial charge on any atom is -0.380 e. The van der Waals surface area contributed by atoms with Crippen molar-refractivity contribution in [2.45, 2.75) is 6.61 Å². The van der Waals surface area contributed by atoms with Gasteiger partial charge in [0, 0.05) is 12.8 Å². The van der Waals surface area contributed by atoms with Crippen molar-refractivity contribution in [1.82, 2.24) is 0 Å². The van der Waals surface area contributed by atoms with Crippen LogP contribution in [0.15, 0.2) is 24.3 Å². The van der Waals surface area contributed by atoms with Crippen molar-refractivity contribution in [1.29, 1.82) is 0 Å². The van der Waals surface area contributed by atoms with Crippen LogP contribution in [-0.2, 0) is 11.3 Å². The van der Waals surface area contributed by atoms with Crippen LogP contribution >= 0.6 is 0 Å². The standard InChI is InChI=1S/C8H12N2O/c1-11-6-7-2-4-8(10-9)5-3-7/h2-5,10H,6,9H2,1H3. The van der Waals surface area contributed by atoms with Gasteiger partial charge in [0.25, 0.3) is 0 Å². The summed E-state index contributed by atoms with van der Waals surface area (Å²) in [6.45, 7) is 0.644. The molecule has 3 nitrogen and oxygen atoms in total. The van der Waals surface area contributed by atoms with Crippen molar-refractivity contribution in [3.63, 3.8) is 0 Å². The zero-order chi connectivity index (χ0) is 8.10. The number of benzene rings is 1. The Morgan fingerprint density at radius 2 is 2.00 bits per heavy atom. The van der Waals surface area contributed by atoms with E-state index in [4.69, 9.17) is 10.6 Å². The Morgan fingerprint density at radius 3 is 2.45 bits per heavy atom. The average Bonchev–Trinajstić information content (AvgIpc) is 2.07. The highest BCUT2D eigenvalue weighted by molar-refractivity contribution is 5.42. The molecule has 0 aliphatic heterocycles. The van der Waals surface area contributed by atoms with Gasteiger partial charge in [0.2, 0.25) is 0 Å². The van der Waals surface area contributed by atoms with Crippen molar-refractivity contribution in [2.24, 2.45) is 5.84 Å². The lowest BCUT2D eigenvalue weighted by Gasteiger charge is -2.01. The predicted octanol–water partition coefficient (Wildman–Crippen LogP) is 1.12. The Morgan fingerprint density at radius 1 is 1.36 bits per heavy atom. The van der Waals surface area contributed by atoms with Crippen LogP contribution < -0.4 is 11.3 Å². The maximum atomic E-state index is 5.19. The molecule has 0 aliphatic rings. The minimum absolute atomic E-state index is 0.644. The normalized spacial score (nSPS) is 9.64. The van der Waals surface area contributed by atoms with Gasteiger partial charge in [-0.3, -0.25) is 5.84 Å². The summed E-state index contributed by atoms with van der Waals surface area (Å²) < 4.78 is 4.95. The Balaban J connectivity index is 2.66. The van der Waals surface area contributed by atoms with Gasteiger partial charge in [0.15, 0.2) is 0 Å². The third-order valence-electron chi connectivity index (χ3n) is 1.43. The second kappa shape index (κ2) is 3.95. The van der Waals surface area contributed by atoms with Crippen LogP contribution in [0.1, 0.15) is 5.56 Å². The highest BCUT2D eigenvalue weighted by Gasteiger charge is 1.90. The van der Waals surface area contributed by atoms with Crippen LogP contribution in [0.2, 0.25) is 0 Å². The monoisotopic (exact) mass is 152 g/mol. The molecular formula is C8H12N2O. The van der Waals surface area contributed by atoms with Crippen molar-refractivity contribution in [3.8, 4) is 0 Å². The lowest BCUT2D eigenvalue weighted by atomic mass is 10.2. The van der Waals surface area contributed by atoms with Gasteiger partial charge < -0.3 is 10.2 Å². The average molecular weight is 152 g/mol. The van der Waals surface area contributed by atoms with E-state index in [2.05, 4.69) is 5.43 Å². The van der Waals surface area contributed by atoms with Crippen molar-refractivity contribution >= 4 is 5.69 Å². The Bertz CT molecular complexity index is 208. The van der Waals surface area contributed by atoms with E-state index in [-0.39, 0.29) is 0 Å². The van der Waals surface area contributed by atoms with Gasteiger partial charge in [-0.05, 0) is 17.7 Å². The van der Waals surface area contributed by atoms with Gasteiger partial charge in [-0.1, -0.05) is 12.1 Å². The maximum absolute atomic E-state index is 5.19. The van der Waals surface area contributed by atoms with Crippen LogP contribution in [-0.4, -0.2) is 7.11 Å². The number of hydrogen-bond acceptors (Lipinski definition) is 3. The van der Waals surface area contributed by atoms with Gasteiger partial charge in [-0.25, -0.2) is 0 Å². The van der Waals surface area contributed by atoms with Crippen LogP contribution in [0.5, 0.6) is 0 Å². The summed E-state index contributed by atoms with van der Waals surface area (Å²) in [4.78, 5) is 0. The van der Waals surface area contributed by atoms with Crippen LogP contribution in [0.4, 0.5) is 5.69 Å². The SMILES string of the molecule is COCc1ccc(NN)cc1. The van der Waals surface area contributed by atoms with Gasteiger partial charge in [0.05, 0.1) is 6.61 Å². The van der Waals surface area contributed by atoms with E-state index in [9.17, 15) is 0 Å². The third-order valence-corrected chi connectivity index (χ3v) is 1.43. The fourth-order valence-electron chi connectivity index (χ4n) is 0.864. The number of nitrogens with one attached hydrogen (secondary N) is 1. The molecule has 0 spiro atoms. The van der Waals surface area contributed by atoms with Crippen molar-refractivity contribution < 1.29 is 4.74 Å². The summed E-state index contributed by atoms with van der Waals surface area (Å²) in [5.41, 5.74) is 4.61. The lowest BCUT2D eigenvalue weighted by molar-refractivity contribution is 0.185. The molecule has 1 aromatic rings. The summed E-state index contributed by atoms with van der Waals surface area (Å²) in [6, 6.07) is 7.76. The van der Waals surface area contributed by atoms with E-state index in [0.717, 1.165) is 11.3 Å². The summed E-state index contributed by atoms with van der Waals surface area (Å²) in [6.07, 6.45) is 0. The number of methoxy groups -OCH3 is 1. The zero-order valence-corrected chi connectivity index (χ0v) is 6.50. The minimum atomic E-state index is 0.644. The quantitative estimate of drug-likeness (QED) is 0.504. The van der Waals surface area contributed by atoms with E-state index >= 15 is 0 Å². The number of hydrogen-bond donors (Lipinski definition) is 2. The molecule has 0 aromatic heterocycles. The van der Waals surface area contributed by atoms with Gasteiger partial charge in [0.1, 0.15) is 0 Å². The molecule has 3 N–H and O–H groups in total. The van der Waals surface area contributed by atoms with Crippen LogP contribution in [0.3, 0.4) is 0 Å². The molecule has 0 atom stereocenters. The highest BCUT2D eigenvalue weighted by Crippen LogP contribution is 2.07. The fourth-order valence-corrected chi connectivity index (χ4v) is 0.864. The lowest BCUT2D eigenvalue weighted by Crippen LogP contribution is -2.06. The number of nitrogen functional groups attached to an aromatic ring is 1. The van der Waals surface area contributed by atoms with Crippen LogP contribution in [0.25, 0.3) is 0 Å². The smallest absolute Gasteiger partial charge is 0.0713 e. The molecule has 0 saturated heterocycles. The van der Waals surface area contributed by atoms with Crippen LogP contribution in [0, 0.1) is 0 Å². The molecular weight excluding hydrogens is 140 g/mol. The maximum Gasteiger partial charge on any atom is 0.0713 e. The fraction of sp³-hybridized carbons (Fsp3) is 0.250. The Hall–Kier alpha value is -1.06. The molecule has 3 heteroatoms. The molecule has 1 rings (SSSR count). The van der Waals surface area contributed by atoms with E-state index in [1.54, 1.807) is 7.11 Å². The van der Waals surface area contributed by atoms with E-state index in [1.165, 1.54) is 0 Å². The molecule has 60 valence electrons. The predicted molar refractivity (Wildman–Crippen MR) is 45.0 cm³/mol. The zero-order valence-electron chi connectivity index (χ0n) is 6.50. The largest absolute Gasteiger partial charge is 0.380 e. The molecule has 0 fully saturated rings. The first kappa shape index (κ1) is 8.04. The molecule has 0 unspecified atom stereocenters. The number of anilines is 1. The summed E-state index contributed by atoms with van der Waals surface area (Å²) in [5, 5.41) is 0. The first-order valence-electron chi connectivity index (χ1n) is 3.41. The third kappa shape index (κ3) is 2.22. The van der Waals surface area contributed by atoms with Gasteiger partial charge in [-0.2, -0.15) is 0 Å². The summed E-state index contributed by atoms with van der Waals surface area (Å²) in [5.74, 6) is 5.19. The first-order chi connectivity index (χ1) is 5.36. The number of hydrazine groups is 1. The Kier molecular flexibility index (Phi) is 2.89.